The number of hydrogen-bond acceptors (Lipinski definition) is 3. The van der Waals surface area contributed by atoms with Crippen molar-refractivity contribution in [3.05, 3.63) is 29.8 Å². The normalized spacial score (nSPS) is 24.5. The van der Waals surface area contributed by atoms with E-state index < -0.39 is 5.41 Å². The molecule has 0 bridgehead atoms. The van der Waals surface area contributed by atoms with E-state index in [1.807, 2.05) is 37.1 Å². The molecule has 1 aromatic rings. The molecule has 27 heavy (non-hydrogen) atoms. The molecule has 6 nitrogen and oxygen atoms in total. The van der Waals surface area contributed by atoms with Gasteiger partial charge in [-0.3, -0.25) is 14.4 Å². The van der Waals surface area contributed by atoms with Crippen LogP contribution in [0.1, 0.15) is 38.2 Å². The molecular weight excluding hydrogens is 342 g/mol. The van der Waals surface area contributed by atoms with Gasteiger partial charge in [-0.25, -0.2) is 0 Å². The average molecular weight is 369 g/mol. The van der Waals surface area contributed by atoms with Crippen LogP contribution in [0.25, 0.3) is 0 Å². The molecule has 0 N–H and O–H groups in total. The van der Waals surface area contributed by atoms with Gasteiger partial charge in [0.15, 0.2) is 0 Å². The van der Waals surface area contributed by atoms with Crippen LogP contribution in [-0.4, -0.2) is 60.7 Å². The van der Waals surface area contributed by atoms with Gasteiger partial charge in [-0.2, -0.15) is 0 Å². The summed E-state index contributed by atoms with van der Waals surface area (Å²) < 4.78 is 0. The Morgan fingerprint density at radius 3 is 2.59 bits per heavy atom. The lowest BCUT2D eigenvalue weighted by Crippen LogP contribution is -2.53. The Morgan fingerprint density at radius 1 is 1.19 bits per heavy atom. The molecular formula is C21H27N3O3. The van der Waals surface area contributed by atoms with Gasteiger partial charge in [0.1, 0.15) is 0 Å². The minimum Gasteiger partial charge on any atom is -0.342 e. The van der Waals surface area contributed by atoms with E-state index in [1.165, 1.54) is 0 Å². The fraction of sp³-hybridized carbons (Fsp3) is 0.571. The van der Waals surface area contributed by atoms with Gasteiger partial charge in [0.05, 0.1) is 11.3 Å². The molecule has 0 saturated carbocycles. The van der Waals surface area contributed by atoms with Crippen molar-refractivity contribution in [3.63, 3.8) is 0 Å². The molecule has 3 aliphatic rings. The summed E-state index contributed by atoms with van der Waals surface area (Å²) in [6.07, 6.45) is 2.43. The first-order valence-corrected chi connectivity index (χ1v) is 9.92. The summed E-state index contributed by atoms with van der Waals surface area (Å²) in [6.45, 7) is 4.34. The number of carbonyl (C=O) groups is 3. The zero-order chi connectivity index (χ0) is 19.2. The second kappa shape index (κ2) is 6.66. The molecule has 3 amide bonds. The molecule has 6 heteroatoms. The zero-order valence-electron chi connectivity index (χ0n) is 16.1. The molecule has 0 aromatic heterocycles. The lowest BCUT2D eigenvalue weighted by atomic mass is 9.73. The zero-order valence-corrected chi connectivity index (χ0v) is 16.1. The van der Waals surface area contributed by atoms with Crippen molar-refractivity contribution >= 4 is 23.4 Å². The minimum atomic E-state index is -0.486. The van der Waals surface area contributed by atoms with Crippen LogP contribution in [0.4, 0.5) is 5.69 Å². The molecule has 2 fully saturated rings. The highest BCUT2D eigenvalue weighted by Crippen LogP contribution is 2.47. The number of likely N-dealkylation sites (tertiary alicyclic amines) is 2. The van der Waals surface area contributed by atoms with Crippen LogP contribution in [0.3, 0.4) is 0 Å². The quantitative estimate of drug-likeness (QED) is 0.798. The summed E-state index contributed by atoms with van der Waals surface area (Å²) in [4.78, 5) is 43.4. The van der Waals surface area contributed by atoms with Gasteiger partial charge in [-0.1, -0.05) is 18.2 Å². The predicted molar refractivity (Wildman–Crippen MR) is 102 cm³/mol. The Kier molecular flexibility index (Phi) is 4.44. The number of hydrogen-bond donors (Lipinski definition) is 0. The monoisotopic (exact) mass is 369 g/mol. The SMILES string of the molecule is CCN1C[C@H](C(=O)N2CCC3(CC2)C(=O)N(C)c2ccccc23)CCC1=O. The highest BCUT2D eigenvalue weighted by molar-refractivity contribution is 6.08. The Balaban J connectivity index is 1.47. The summed E-state index contributed by atoms with van der Waals surface area (Å²) >= 11 is 0. The summed E-state index contributed by atoms with van der Waals surface area (Å²) in [6, 6.07) is 8.00. The van der Waals surface area contributed by atoms with Crippen LogP contribution in [0.15, 0.2) is 24.3 Å². The Morgan fingerprint density at radius 2 is 1.89 bits per heavy atom. The first-order chi connectivity index (χ1) is 13.0. The van der Waals surface area contributed by atoms with E-state index in [2.05, 4.69) is 6.07 Å². The number of fused-ring (bicyclic) bond motifs is 2. The van der Waals surface area contributed by atoms with Crippen molar-refractivity contribution in [2.75, 3.05) is 38.1 Å². The Hall–Kier alpha value is -2.37. The van der Waals surface area contributed by atoms with Crippen molar-refractivity contribution in [3.8, 4) is 0 Å². The number of para-hydroxylation sites is 1. The fourth-order valence-corrected chi connectivity index (χ4v) is 4.99. The number of rotatable bonds is 2. The third kappa shape index (κ3) is 2.73. The number of likely N-dealkylation sites (N-methyl/N-ethyl adjacent to an activating group) is 1. The van der Waals surface area contributed by atoms with Crippen LogP contribution in [0.2, 0.25) is 0 Å². The first-order valence-electron chi connectivity index (χ1n) is 9.92. The molecule has 1 spiro atoms. The Bertz CT molecular complexity index is 783. The highest BCUT2D eigenvalue weighted by Gasteiger charge is 2.51. The first kappa shape index (κ1) is 18.0. The summed E-state index contributed by atoms with van der Waals surface area (Å²) in [5, 5.41) is 0. The van der Waals surface area contributed by atoms with Crippen LogP contribution < -0.4 is 4.90 Å². The smallest absolute Gasteiger partial charge is 0.237 e. The lowest BCUT2D eigenvalue weighted by Gasteiger charge is -2.41. The van der Waals surface area contributed by atoms with E-state index in [1.54, 1.807) is 9.80 Å². The van der Waals surface area contributed by atoms with E-state index >= 15 is 0 Å². The number of carbonyl (C=O) groups excluding carboxylic acids is 3. The summed E-state index contributed by atoms with van der Waals surface area (Å²) in [7, 11) is 1.84. The molecule has 0 radical (unpaired) electrons. The van der Waals surface area contributed by atoms with Gasteiger partial charge >= 0.3 is 0 Å². The fourth-order valence-electron chi connectivity index (χ4n) is 4.99. The minimum absolute atomic E-state index is 0.106. The van der Waals surface area contributed by atoms with Gasteiger partial charge in [-0.15, -0.1) is 0 Å². The third-order valence-corrected chi connectivity index (χ3v) is 6.65. The number of piperidine rings is 2. The number of benzene rings is 1. The number of nitrogens with zero attached hydrogens (tertiary/aromatic N) is 3. The van der Waals surface area contributed by atoms with Crippen molar-refractivity contribution in [2.24, 2.45) is 5.92 Å². The van der Waals surface area contributed by atoms with E-state index in [9.17, 15) is 14.4 Å². The van der Waals surface area contributed by atoms with E-state index in [0.29, 0.717) is 51.9 Å². The maximum Gasteiger partial charge on any atom is 0.237 e. The van der Waals surface area contributed by atoms with Crippen molar-refractivity contribution < 1.29 is 14.4 Å². The molecule has 144 valence electrons. The largest absolute Gasteiger partial charge is 0.342 e. The summed E-state index contributed by atoms with van der Waals surface area (Å²) in [5.74, 6) is 0.334. The lowest BCUT2D eigenvalue weighted by molar-refractivity contribution is -0.145. The number of anilines is 1. The van der Waals surface area contributed by atoms with Gasteiger partial charge in [0.25, 0.3) is 0 Å². The van der Waals surface area contributed by atoms with Crippen molar-refractivity contribution in [1.29, 1.82) is 0 Å². The second-order valence-corrected chi connectivity index (χ2v) is 7.96. The van der Waals surface area contributed by atoms with E-state index in [-0.39, 0.29) is 23.6 Å². The van der Waals surface area contributed by atoms with Crippen LogP contribution in [0, 0.1) is 5.92 Å². The van der Waals surface area contributed by atoms with Gasteiger partial charge in [0, 0.05) is 45.3 Å². The average Bonchev–Trinajstić information content (AvgIpc) is 2.91. The summed E-state index contributed by atoms with van der Waals surface area (Å²) in [5.41, 5.74) is 1.61. The molecule has 0 unspecified atom stereocenters. The van der Waals surface area contributed by atoms with Crippen LogP contribution in [-0.2, 0) is 19.8 Å². The Labute approximate surface area is 160 Å². The number of amides is 3. The van der Waals surface area contributed by atoms with Crippen LogP contribution in [0.5, 0.6) is 0 Å². The standard InChI is InChI=1S/C21H27N3O3/c1-3-23-14-15(8-9-18(23)25)19(26)24-12-10-21(11-13-24)16-6-4-5-7-17(16)22(2)20(21)27/h4-7,15H,3,8-14H2,1-2H3/t15-/m1/s1. The maximum atomic E-state index is 13.0. The van der Waals surface area contributed by atoms with E-state index in [0.717, 1.165) is 11.3 Å². The van der Waals surface area contributed by atoms with Crippen molar-refractivity contribution in [2.45, 2.75) is 38.0 Å². The highest BCUT2D eigenvalue weighted by atomic mass is 16.2. The molecule has 4 rings (SSSR count). The van der Waals surface area contributed by atoms with E-state index in [4.69, 9.17) is 0 Å². The molecule has 0 aliphatic carbocycles. The van der Waals surface area contributed by atoms with Gasteiger partial charge in [-0.05, 0) is 37.8 Å². The van der Waals surface area contributed by atoms with Crippen LogP contribution >= 0.6 is 0 Å². The van der Waals surface area contributed by atoms with Gasteiger partial charge < -0.3 is 14.7 Å². The topological polar surface area (TPSA) is 60.9 Å². The van der Waals surface area contributed by atoms with Gasteiger partial charge in [0.2, 0.25) is 17.7 Å². The molecule has 1 atom stereocenters. The maximum absolute atomic E-state index is 13.0. The molecule has 3 aliphatic heterocycles. The molecule has 2 saturated heterocycles. The van der Waals surface area contributed by atoms with Crippen molar-refractivity contribution in [1.82, 2.24) is 9.80 Å². The second-order valence-electron chi connectivity index (χ2n) is 7.96. The third-order valence-electron chi connectivity index (χ3n) is 6.65. The molecule has 1 aromatic carbocycles. The predicted octanol–water partition coefficient (Wildman–Crippen LogP) is 1.78. The molecule has 3 heterocycles.